The fourth-order valence-corrected chi connectivity index (χ4v) is 2.39. The molecule has 2 N–H and O–H groups in total. The number of halogens is 1. The van der Waals surface area contributed by atoms with Crippen molar-refractivity contribution in [3.05, 3.63) is 70.7 Å². The number of hydrogen-bond donors (Lipinski definition) is 2. The summed E-state index contributed by atoms with van der Waals surface area (Å²) >= 11 is 5.75. The van der Waals surface area contributed by atoms with Gasteiger partial charge in [0.1, 0.15) is 6.54 Å². The Kier molecular flexibility index (Phi) is 8.32. The Bertz CT molecular complexity index is 763. The van der Waals surface area contributed by atoms with Gasteiger partial charge in [-0.05, 0) is 42.7 Å². The number of aryl methyl sites for hydroxylation is 1. The SMILES string of the molecule is O=C(COC(=O)CNC(=O)c1ccc(Cl)cc1)NCCCc1ccccc1. The predicted molar refractivity (Wildman–Crippen MR) is 103 cm³/mol. The lowest BCUT2D eigenvalue weighted by Gasteiger charge is -2.08. The van der Waals surface area contributed by atoms with Crippen LogP contribution < -0.4 is 10.6 Å². The standard InChI is InChI=1S/C20H21ClN2O4/c21-17-10-8-16(9-11-17)20(26)23-13-19(25)27-14-18(24)22-12-4-7-15-5-2-1-3-6-15/h1-3,5-6,8-11H,4,7,12-14H2,(H,22,24)(H,23,26). The van der Waals surface area contributed by atoms with Gasteiger partial charge in [0.2, 0.25) is 0 Å². The Morgan fingerprint density at radius 2 is 1.63 bits per heavy atom. The largest absolute Gasteiger partial charge is 0.454 e. The van der Waals surface area contributed by atoms with E-state index in [-0.39, 0.29) is 19.1 Å². The van der Waals surface area contributed by atoms with Gasteiger partial charge >= 0.3 is 5.97 Å². The number of esters is 1. The fourth-order valence-electron chi connectivity index (χ4n) is 2.27. The Balaban J connectivity index is 1.57. The van der Waals surface area contributed by atoms with Crippen molar-refractivity contribution < 1.29 is 19.1 Å². The van der Waals surface area contributed by atoms with Crippen LogP contribution in [0.25, 0.3) is 0 Å². The van der Waals surface area contributed by atoms with Crippen LogP contribution in [-0.2, 0) is 20.7 Å². The number of rotatable bonds is 9. The van der Waals surface area contributed by atoms with Gasteiger partial charge in [0, 0.05) is 17.1 Å². The van der Waals surface area contributed by atoms with Crippen molar-refractivity contribution in [1.82, 2.24) is 10.6 Å². The third kappa shape index (κ3) is 7.92. The molecule has 0 aliphatic heterocycles. The van der Waals surface area contributed by atoms with E-state index >= 15 is 0 Å². The Morgan fingerprint density at radius 3 is 2.33 bits per heavy atom. The summed E-state index contributed by atoms with van der Waals surface area (Å²) in [4.78, 5) is 35.1. The number of benzene rings is 2. The molecule has 142 valence electrons. The van der Waals surface area contributed by atoms with E-state index in [9.17, 15) is 14.4 Å². The monoisotopic (exact) mass is 388 g/mol. The molecule has 0 unspecified atom stereocenters. The highest BCUT2D eigenvalue weighted by atomic mass is 35.5. The lowest BCUT2D eigenvalue weighted by Crippen LogP contribution is -2.34. The van der Waals surface area contributed by atoms with E-state index in [4.69, 9.17) is 16.3 Å². The number of nitrogens with one attached hydrogen (secondary N) is 2. The van der Waals surface area contributed by atoms with Crippen LogP contribution in [0.3, 0.4) is 0 Å². The van der Waals surface area contributed by atoms with Gasteiger partial charge in [-0.1, -0.05) is 41.9 Å². The summed E-state index contributed by atoms with van der Waals surface area (Å²) in [6.45, 7) is -0.192. The molecule has 0 saturated heterocycles. The summed E-state index contributed by atoms with van der Waals surface area (Å²) in [6, 6.07) is 16.2. The van der Waals surface area contributed by atoms with Crippen LogP contribution in [0.1, 0.15) is 22.3 Å². The summed E-state index contributed by atoms with van der Waals surface area (Å²) in [5, 5.41) is 5.63. The minimum Gasteiger partial charge on any atom is -0.454 e. The van der Waals surface area contributed by atoms with E-state index in [1.807, 2.05) is 30.3 Å². The van der Waals surface area contributed by atoms with E-state index in [0.717, 1.165) is 12.8 Å². The van der Waals surface area contributed by atoms with Crippen molar-refractivity contribution in [1.29, 1.82) is 0 Å². The van der Waals surface area contributed by atoms with Gasteiger partial charge in [0.05, 0.1) is 0 Å². The van der Waals surface area contributed by atoms with Crippen LogP contribution in [0, 0.1) is 0 Å². The first kappa shape index (κ1) is 20.5. The second-order valence-electron chi connectivity index (χ2n) is 5.79. The van der Waals surface area contributed by atoms with E-state index in [1.165, 1.54) is 5.56 Å². The van der Waals surface area contributed by atoms with Gasteiger partial charge in [-0.15, -0.1) is 0 Å². The third-order valence-corrected chi connectivity index (χ3v) is 3.92. The highest BCUT2D eigenvalue weighted by molar-refractivity contribution is 6.30. The molecule has 0 heterocycles. The molecule has 0 fully saturated rings. The molecule has 0 radical (unpaired) electrons. The molecule has 27 heavy (non-hydrogen) atoms. The molecule has 0 bridgehead atoms. The maximum Gasteiger partial charge on any atom is 0.325 e. The van der Waals surface area contributed by atoms with Crippen molar-refractivity contribution in [2.24, 2.45) is 0 Å². The summed E-state index contributed by atoms with van der Waals surface area (Å²) in [5.41, 5.74) is 1.58. The summed E-state index contributed by atoms with van der Waals surface area (Å²) in [5.74, 6) is -1.48. The molecule has 0 aromatic heterocycles. The molecule has 0 atom stereocenters. The molecule has 6 nitrogen and oxygen atoms in total. The Hall–Kier alpha value is -2.86. The molecule has 0 spiro atoms. The summed E-state index contributed by atoms with van der Waals surface area (Å²) in [6.07, 6.45) is 1.65. The number of carbonyl (C=O) groups excluding carboxylic acids is 3. The molecule has 2 rings (SSSR count). The first-order valence-electron chi connectivity index (χ1n) is 8.54. The highest BCUT2D eigenvalue weighted by Crippen LogP contribution is 2.09. The average Bonchev–Trinajstić information content (AvgIpc) is 2.69. The van der Waals surface area contributed by atoms with E-state index < -0.39 is 11.9 Å². The quantitative estimate of drug-likeness (QED) is 0.510. The highest BCUT2D eigenvalue weighted by Gasteiger charge is 2.10. The van der Waals surface area contributed by atoms with E-state index in [2.05, 4.69) is 10.6 Å². The number of ether oxygens (including phenoxy) is 1. The van der Waals surface area contributed by atoms with Gasteiger partial charge in [-0.3, -0.25) is 14.4 Å². The zero-order valence-electron chi connectivity index (χ0n) is 14.7. The summed E-state index contributed by atoms with van der Waals surface area (Å²) in [7, 11) is 0. The topological polar surface area (TPSA) is 84.5 Å². The maximum absolute atomic E-state index is 11.8. The van der Waals surface area contributed by atoms with E-state index in [1.54, 1.807) is 24.3 Å². The normalized spacial score (nSPS) is 10.1. The average molecular weight is 389 g/mol. The first-order chi connectivity index (χ1) is 13.0. The molecule has 7 heteroatoms. The molecule has 0 saturated carbocycles. The summed E-state index contributed by atoms with van der Waals surface area (Å²) < 4.78 is 4.84. The van der Waals surface area contributed by atoms with Crippen LogP contribution in [0.4, 0.5) is 0 Å². The van der Waals surface area contributed by atoms with Gasteiger partial charge in [-0.25, -0.2) is 0 Å². The van der Waals surface area contributed by atoms with Crippen molar-refractivity contribution >= 4 is 29.4 Å². The molecule has 0 aliphatic rings. The van der Waals surface area contributed by atoms with Crippen LogP contribution in [-0.4, -0.2) is 37.5 Å². The number of amides is 2. The molecule has 0 aliphatic carbocycles. The molecule has 2 aromatic rings. The smallest absolute Gasteiger partial charge is 0.325 e. The van der Waals surface area contributed by atoms with Crippen LogP contribution >= 0.6 is 11.6 Å². The van der Waals surface area contributed by atoms with Crippen molar-refractivity contribution in [2.45, 2.75) is 12.8 Å². The zero-order chi connectivity index (χ0) is 19.5. The zero-order valence-corrected chi connectivity index (χ0v) is 15.5. The Labute approximate surface area is 162 Å². The number of hydrogen-bond acceptors (Lipinski definition) is 4. The van der Waals surface area contributed by atoms with E-state index in [0.29, 0.717) is 17.1 Å². The van der Waals surface area contributed by atoms with Crippen molar-refractivity contribution in [3.8, 4) is 0 Å². The molecule has 2 amide bonds. The third-order valence-electron chi connectivity index (χ3n) is 3.67. The van der Waals surface area contributed by atoms with Crippen LogP contribution in [0.15, 0.2) is 54.6 Å². The minimum absolute atomic E-state index is 0.317. The number of carbonyl (C=O) groups is 3. The second-order valence-corrected chi connectivity index (χ2v) is 6.23. The first-order valence-corrected chi connectivity index (χ1v) is 8.92. The molecular weight excluding hydrogens is 368 g/mol. The lowest BCUT2D eigenvalue weighted by molar-refractivity contribution is -0.147. The second kappa shape index (κ2) is 11.0. The van der Waals surface area contributed by atoms with Crippen LogP contribution in [0.5, 0.6) is 0 Å². The lowest BCUT2D eigenvalue weighted by atomic mass is 10.1. The van der Waals surface area contributed by atoms with Crippen molar-refractivity contribution in [2.75, 3.05) is 19.7 Å². The molecular formula is C20H21ClN2O4. The molecule has 2 aromatic carbocycles. The van der Waals surface area contributed by atoms with Gasteiger partial charge in [0.15, 0.2) is 6.61 Å². The van der Waals surface area contributed by atoms with Crippen LogP contribution in [0.2, 0.25) is 5.02 Å². The maximum atomic E-state index is 11.8. The van der Waals surface area contributed by atoms with Gasteiger partial charge in [0.25, 0.3) is 11.8 Å². The van der Waals surface area contributed by atoms with Crippen molar-refractivity contribution in [3.63, 3.8) is 0 Å². The van der Waals surface area contributed by atoms with Gasteiger partial charge < -0.3 is 15.4 Å². The predicted octanol–water partition coefficient (Wildman–Crippen LogP) is 2.36. The fraction of sp³-hybridized carbons (Fsp3) is 0.250. The minimum atomic E-state index is -0.684. The Morgan fingerprint density at radius 1 is 0.926 bits per heavy atom. The van der Waals surface area contributed by atoms with Gasteiger partial charge in [-0.2, -0.15) is 0 Å².